The maximum Gasteiger partial charge on any atom is 0.287 e. The van der Waals surface area contributed by atoms with Gasteiger partial charge in [0, 0.05) is 17.6 Å². The minimum atomic E-state index is -3.90. The third kappa shape index (κ3) is 4.71. The number of hydrogen-bond acceptors (Lipinski definition) is 4. The van der Waals surface area contributed by atoms with Gasteiger partial charge in [0.2, 0.25) is 10.0 Å². The normalized spacial score (nSPS) is 11.4. The molecule has 0 aliphatic carbocycles. The summed E-state index contributed by atoms with van der Waals surface area (Å²) in [5, 5.41) is 2.51. The number of amides is 1. The molecule has 6 nitrogen and oxygen atoms in total. The molecule has 0 spiro atoms. The van der Waals surface area contributed by atoms with Crippen LogP contribution in [0, 0.1) is 0 Å². The third-order valence-electron chi connectivity index (χ3n) is 2.68. The van der Waals surface area contributed by atoms with Gasteiger partial charge in [0.1, 0.15) is 4.90 Å². The van der Waals surface area contributed by atoms with Crippen LogP contribution in [0.5, 0.6) is 0 Å². The number of furan rings is 1. The highest BCUT2D eigenvalue weighted by Gasteiger charge is 2.22. The van der Waals surface area contributed by atoms with Gasteiger partial charge in [-0.1, -0.05) is 39.1 Å². The third-order valence-corrected chi connectivity index (χ3v) is 5.52. The molecule has 124 valence electrons. The van der Waals surface area contributed by atoms with Crippen LogP contribution in [-0.4, -0.2) is 27.4 Å². The molecule has 0 aliphatic heterocycles. The van der Waals surface area contributed by atoms with Crippen molar-refractivity contribution < 1.29 is 17.6 Å². The lowest BCUT2D eigenvalue weighted by Crippen LogP contribution is -2.34. The van der Waals surface area contributed by atoms with Crippen molar-refractivity contribution in [3.05, 3.63) is 50.8 Å². The first-order valence-electron chi connectivity index (χ1n) is 6.27. The largest absolute Gasteiger partial charge is 0.459 e. The zero-order chi connectivity index (χ0) is 17.0. The molecule has 0 aliphatic rings. The number of halogens is 3. The molecule has 0 unspecified atom stereocenters. The highest BCUT2D eigenvalue weighted by Crippen LogP contribution is 2.32. The lowest BCUT2D eigenvalue weighted by Gasteiger charge is -2.11. The van der Waals surface area contributed by atoms with Gasteiger partial charge in [-0.05, 0) is 24.3 Å². The molecule has 0 atom stereocenters. The van der Waals surface area contributed by atoms with Gasteiger partial charge in [-0.15, -0.1) is 0 Å². The topological polar surface area (TPSA) is 88.4 Å². The average molecular weight is 442 g/mol. The molecule has 0 bridgehead atoms. The molecule has 0 fully saturated rings. The molecular formula is C13H11BrCl2N2O4S. The summed E-state index contributed by atoms with van der Waals surface area (Å²) in [6.07, 6.45) is 1.37. The Morgan fingerprint density at radius 1 is 1.22 bits per heavy atom. The second-order valence-electron chi connectivity index (χ2n) is 4.33. The van der Waals surface area contributed by atoms with E-state index in [0.29, 0.717) is 4.47 Å². The molecule has 2 rings (SSSR count). The van der Waals surface area contributed by atoms with Crippen molar-refractivity contribution >= 4 is 55.1 Å². The lowest BCUT2D eigenvalue weighted by atomic mass is 10.4. The van der Waals surface area contributed by atoms with Crippen molar-refractivity contribution in [2.45, 2.75) is 4.90 Å². The van der Waals surface area contributed by atoms with Gasteiger partial charge in [-0.25, -0.2) is 13.1 Å². The first-order chi connectivity index (χ1) is 10.8. The van der Waals surface area contributed by atoms with Crippen LogP contribution < -0.4 is 10.0 Å². The summed E-state index contributed by atoms with van der Waals surface area (Å²) in [7, 11) is -3.90. The van der Waals surface area contributed by atoms with Crippen molar-refractivity contribution in [2.24, 2.45) is 0 Å². The number of benzene rings is 1. The number of nitrogens with one attached hydrogen (secondary N) is 2. The first kappa shape index (κ1) is 18.3. The predicted octanol–water partition coefficient (Wildman–Crippen LogP) is 3.06. The molecule has 1 amide bonds. The van der Waals surface area contributed by atoms with Gasteiger partial charge in [-0.3, -0.25) is 4.79 Å². The summed E-state index contributed by atoms with van der Waals surface area (Å²) in [5.74, 6) is -0.291. The number of rotatable bonds is 6. The number of carbonyl (C=O) groups is 1. The Kier molecular flexibility index (Phi) is 6.10. The zero-order valence-electron chi connectivity index (χ0n) is 11.5. The molecule has 0 saturated heterocycles. The molecule has 10 heteroatoms. The van der Waals surface area contributed by atoms with Crippen molar-refractivity contribution in [3.63, 3.8) is 0 Å². The fourth-order valence-electron chi connectivity index (χ4n) is 1.71. The molecule has 1 aromatic heterocycles. The Hall–Kier alpha value is -1.06. The molecule has 2 aromatic rings. The Morgan fingerprint density at radius 3 is 2.43 bits per heavy atom. The van der Waals surface area contributed by atoms with Crippen LogP contribution in [0.3, 0.4) is 0 Å². The Labute approximate surface area is 151 Å². The quantitative estimate of drug-likeness (QED) is 0.674. The number of hydrogen-bond donors (Lipinski definition) is 2. The second kappa shape index (κ2) is 7.67. The van der Waals surface area contributed by atoms with Crippen molar-refractivity contribution in [1.29, 1.82) is 0 Å². The molecule has 1 heterocycles. The van der Waals surface area contributed by atoms with E-state index in [4.69, 9.17) is 27.6 Å². The van der Waals surface area contributed by atoms with Crippen LogP contribution in [0.1, 0.15) is 10.6 Å². The summed E-state index contributed by atoms with van der Waals surface area (Å²) in [5.41, 5.74) is 0. The summed E-state index contributed by atoms with van der Waals surface area (Å²) in [6, 6.07) is 5.94. The van der Waals surface area contributed by atoms with Crippen molar-refractivity contribution in [3.8, 4) is 0 Å². The minimum Gasteiger partial charge on any atom is -0.459 e. The van der Waals surface area contributed by atoms with Gasteiger partial charge < -0.3 is 9.73 Å². The molecular weight excluding hydrogens is 431 g/mol. The van der Waals surface area contributed by atoms with Gasteiger partial charge in [0.15, 0.2) is 5.76 Å². The van der Waals surface area contributed by atoms with Crippen LogP contribution in [-0.2, 0) is 10.0 Å². The molecule has 0 saturated carbocycles. The molecule has 2 N–H and O–H groups in total. The fourth-order valence-corrected chi connectivity index (χ4v) is 4.68. The minimum absolute atomic E-state index is 0.00324. The van der Waals surface area contributed by atoms with Crippen LogP contribution in [0.4, 0.5) is 0 Å². The van der Waals surface area contributed by atoms with E-state index in [1.165, 1.54) is 24.5 Å². The lowest BCUT2D eigenvalue weighted by molar-refractivity contribution is 0.0926. The highest BCUT2D eigenvalue weighted by molar-refractivity contribution is 9.10. The smallest absolute Gasteiger partial charge is 0.287 e. The van der Waals surface area contributed by atoms with E-state index in [2.05, 4.69) is 26.0 Å². The van der Waals surface area contributed by atoms with Gasteiger partial charge >= 0.3 is 0 Å². The Morgan fingerprint density at radius 2 is 1.87 bits per heavy atom. The van der Waals surface area contributed by atoms with Crippen molar-refractivity contribution in [1.82, 2.24) is 10.0 Å². The summed E-state index contributed by atoms with van der Waals surface area (Å²) >= 11 is 15.0. The maximum absolute atomic E-state index is 12.2. The van der Waals surface area contributed by atoms with Gasteiger partial charge in [0.05, 0.1) is 16.3 Å². The zero-order valence-corrected chi connectivity index (χ0v) is 15.4. The van der Waals surface area contributed by atoms with E-state index in [0.717, 1.165) is 0 Å². The van der Waals surface area contributed by atoms with Crippen LogP contribution in [0.15, 0.2) is 44.3 Å². The van der Waals surface area contributed by atoms with E-state index < -0.39 is 15.9 Å². The first-order valence-corrected chi connectivity index (χ1v) is 9.30. The fraction of sp³-hybridized carbons (Fsp3) is 0.154. The van der Waals surface area contributed by atoms with E-state index in [1.807, 2.05) is 0 Å². The molecule has 23 heavy (non-hydrogen) atoms. The maximum atomic E-state index is 12.2. The molecule has 1 aromatic carbocycles. The van der Waals surface area contributed by atoms with Crippen LogP contribution >= 0.6 is 39.1 Å². The average Bonchev–Trinajstić information content (AvgIpc) is 2.96. The van der Waals surface area contributed by atoms with E-state index in [1.54, 1.807) is 6.07 Å². The van der Waals surface area contributed by atoms with E-state index >= 15 is 0 Å². The Balaban J connectivity index is 1.96. The van der Waals surface area contributed by atoms with Gasteiger partial charge in [0.25, 0.3) is 5.91 Å². The Bertz CT molecular complexity index is 786. The van der Waals surface area contributed by atoms with Gasteiger partial charge in [-0.2, -0.15) is 0 Å². The van der Waals surface area contributed by atoms with Crippen LogP contribution in [0.25, 0.3) is 0 Å². The summed E-state index contributed by atoms with van der Waals surface area (Å²) < 4.78 is 32.3. The van der Waals surface area contributed by atoms with Crippen LogP contribution in [0.2, 0.25) is 10.0 Å². The van der Waals surface area contributed by atoms with Crippen molar-refractivity contribution in [2.75, 3.05) is 13.1 Å². The number of carbonyl (C=O) groups excluding carboxylic acids is 1. The highest BCUT2D eigenvalue weighted by atomic mass is 79.9. The monoisotopic (exact) mass is 440 g/mol. The second-order valence-corrected chi connectivity index (χ2v) is 7.76. The SMILES string of the molecule is O=C(NCCNS(=O)(=O)c1c(Cl)cc(Br)cc1Cl)c1ccco1. The standard InChI is InChI=1S/C13H11BrCl2N2O4S/c14-8-6-9(15)12(10(16)7-8)23(20,21)18-4-3-17-13(19)11-2-1-5-22-11/h1-2,5-7,18H,3-4H2,(H,17,19). The summed E-state index contributed by atoms with van der Waals surface area (Å²) in [4.78, 5) is 11.4. The van der Waals surface area contributed by atoms with E-state index in [-0.39, 0.29) is 33.8 Å². The number of sulfonamides is 1. The predicted molar refractivity (Wildman–Crippen MR) is 90.4 cm³/mol. The molecule has 0 radical (unpaired) electrons. The van der Waals surface area contributed by atoms with E-state index in [9.17, 15) is 13.2 Å². The summed E-state index contributed by atoms with van der Waals surface area (Å²) in [6.45, 7) is 0.0437.